The number of likely N-dealkylation sites (N-methyl/N-ethyl adjacent to an activating group) is 1. The molecule has 2 aliphatic rings. The highest BCUT2D eigenvalue weighted by Crippen LogP contribution is 2.34. The zero-order valence-electron chi connectivity index (χ0n) is 20.5. The van der Waals surface area contributed by atoms with Crippen molar-refractivity contribution in [1.29, 1.82) is 0 Å². The van der Waals surface area contributed by atoms with Crippen LogP contribution >= 0.6 is 0 Å². The number of aryl methyl sites for hydroxylation is 2. The summed E-state index contributed by atoms with van der Waals surface area (Å²) < 4.78 is 1.71. The number of nitrogens with zero attached hydrogens (tertiary/aromatic N) is 5. The summed E-state index contributed by atoms with van der Waals surface area (Å²) in [5, 5.41) is 17.9. The molecular weight excluding hydrogens is 444 g/mol. The van der Waals surface area contributed by atoms with Gasteiger partial charge in [0.05, 0.1) is 11.3 Å². The molecule has 0 radical (unpaired) electrons. The molecule has 35 heavy (non-hydrogen) atoms. The standard InChI is InChI=1S/C26H32N6O3/c1-16-4-7-19(22(33)12-18-5-6-18)13-20(16)29-25-24-17(2)23(26(34)35)21(32(24)28-15-27-25)14-31-10-8-30(3)9-11-31/h4,7,13,15,18H,5-6,8-12,14H2,1-3H3,(H,34,35)(H,27,28,29). The highest BCUT2D eigenvalue weighted by atomic mass is 16.4. The van der Waals surface area contributed by atoms with Gasteiger partial charge in [-0.3, -0.25) is 9.69 Å². The van der Waals surface area contributed by atoms with Crippen LogP contribution in [0.1, 0.15) is 56.8 Å². The molecule has 3 heterocycles. The van der Waals surface area contributed by atoms with Crippen molar-refractivity contribution in [2.75, 3.05) is 38.5 Å². The number of anilines is 2. The number of hydrogen-bond acceptors (Lipinski definition) is 7. The molecule has 1 aromatic carbocycles. The quantitative estimate of drug-likeness (QED) is 0.476. The van der Waals surface area contributed by atoms with E-state index in [0.717, 1.165) is 50.3 Å². The Labute approximate surface area is 204 Å². The van der Waals surface area contributed by atoms with Gasteiger partial charge >= 0.3 is 5.97 Å². The van der Waals surface area contributed by atoms with Crippen molar-refractivity contribution in [1.82, 2.24) is 24.4 Å². The third kappa shape index (κ3) is 4.78. The molecule has 9 nitrogen and oxygen atoms in total. The number of hydrogen-bond donors (Lipinski definition) is 2. The number of aromatic carboxylic acids is 1. The maximum Gasteiger partial charge on any atom is 0.337 e. The van der Waals surface area contributed by atoms with Crippen molar-refractivity contribution in [2.45, 2.75) is 39.7 Å². The number of fused-ring (bicyclic) bond motifs is 1. The molecule has 2 fully saturated rings. The van der Waals surface area contributed by atoms with Gasteiger partial charge in [-0.25, -0.2) is 14.3 Å². The first-order valence-electron chi connectivity index (χ1n) is 12.2. The Morgan fingerprint density at radius 2 is 1.89 bits per heavy atom. The molecule has 0 amide bonds. The minimum Gasteiger partial charge on any atom is -0.478 e. The van der Waals surface area contributed by atoms with Crippen molar-refractivity contribution in [2.24, 2.45) is 5.92 Å². The SMILES string of the molecule is Cc1ccc(C(=O)CC2CC2)cc1Nc1ncnn2c(CN3CCN(C)CC3)c(C(=O)O)c(C)c12. The van der Waals surface area contributed by atoms with Crippen LogP contribution in [-0.4, -0.2) is 74.5 Å². The minimum absolute atomic E-state index is 0.157. The fourth-order valence-corrected chi connectivity index (χ4v) is 4.84. The molecule has 184 valence electrons. The number of carbonyl (C=O) groups is 2. The summed E-state index contributed by atoms with van der Waals surface area (Å²) in [5.74, 6) is 0.245. The van der Waals surface area contributed by atoms with E-state index in [4.69, 9.17) is 0 Å². The van der Waals surface area contributed by atoms with Crippen LogP contribution < -0.4 is 5.32 Å². The Hall–Kier alpha value is -3.30. The molecule has 5 rings (SSSR count). The largest absolute Gasteiger partial charge is 0.478 e. The summed E-state index contributed by atoms with van der Waals surface area (Å²) in [6.45, 7) is 7.93. The molecule has 1 aliphatic heterocycles. The first-order chi connectivity index (χ1) is 16.8. The van der Waals surface area contributed by atoms with Gasteiger partial charge in [0.15, 0.2) is 11.6 Å². The van der Waals surface area contributed by atoms with Crippen molar-refractivity contribution in [3.63, 3.8) is 0 Å². The lowest BCUT2D eigenvalue weighted by Crippen LogP contribution is -2.44. The maximum absolute atomic E-state index is 12.7. The Balaban J connectivity index is 1.51. The average Bonchev–Trinajstić information content (AvgIpc) is 3.59. The second kappa shape index (κ2) is 9.39. The highest BCUT2D eigenvalue weighted by molar-refractivity contribution is 5.98. The van der Waals surface area contributed by atoms with E-state index in [2.05, 4.69) is 32.2 Å². The van der Waals surface area contributed by atoms with Gasteiger partial charge in [-0.15, -0.1) is 0 Å². The van der Waals surface area contributed by atoms with Crippen LogP contribution in [0.3, 0.4) is 0 Å². The van der Waals surface area contributed by atoms with Gasteiger partial charge in [-0.2, -0.15) is 5.10 Å². The predicted octanol–water partition coefficient (Wildman–Crippen LogP) is 3.52. The van der Waals surface area contributed by atoms with Gasteiger partial charge in [-0.05, 0) is 56.8 Å². The van der Waals surface area contributed by atoms with Crippen molar-refractivity contribution in [3.05, 3.63) is 52.5 Å². The number of aromatic nitrogens is 3. The van der Waals surface area contributed by atoms with E-state index in [9.17, 15) is 14.7 Å². The zero-order valence-corrected chi connectivity index (χ0v) is 20.5. The number of carbonyl (C=O) groups excluding carboxylic acids is 1. The van der Waals surface area contributed by atoms with Gasteiger partial charge in [0, 0.05) is 50.4 Å². The molecule has 0 spiro atoms. The summed E-state index contributed by atoms with van der Waals surface area (Å²) in [6, 6.07) is 5.69. The molecule has 0 atom stereocenters. The lowest BCUT2D eigenvalue weighted by molar-refractivity contribution is 0.0692. The Bertz CT molecular complexity index is 1290. The number of piperazine rings is 1. The lowest BCUT2D eigenvalue weighted by atomic mass is 10.0. The van der Waals surface area contributed by atoms with Gasteiger partial charge in [0.1, 0.15) is 11.8 Å². The van der Waals surface area contributed by atoms with E-state index in [-0.39, 0.29) is 11.3 Å². The number of carboxylic acids is 1. The third-order valence-corrected chi connectivity index (χ3v) is 7.23. The summed E-state index contributed by atoms with van der Waals surface area (Å²) in [7, 11) is 2.10. The molecule has 9 heteroatoms. The highest BCUT2D eigenvalue weighted by Gasteiger charge is 2.27. The fraction of sp³-hybridized carbons (Fsp3) is 0.462. The summed E-state index contributed by atoms with van der Waals surface area (Å²) in [6.07, 6.45) is 4.32. The van der Waals surface area contributed by atoms with E-state index in [0.29, 0.717) is 47.0 Å². The zero-order chi connectivity index (χ0) is 24.7. The molecule has 0 bridgehead atoms. The van der Waals surface area contributed by atoms with E-state index >= 15 is 0 Å². The fourth-order valence-electron chi connectivity index (χ4n) is 4.84. The summed E-state index contributed by atoms with van der Waals surface area (Å²) in [5.41, 5.74) is 4.65. The second-order valence-electron chi connectivity index (χ2n) is 9.93. The Kier molecular flexibility index (Phi) is 6.29. The first kappa shape index (κ1) is 23.4. The van der Waals surface area contributed by atoms with Gasteiger partial charge < -0.3 is 15.3 Å². The van der Waals surface area contributed by atoms with E-state index in [1.165, 1.54) is 6.33 Å². The number of rotatable bonds is 8. The summed E-state index contributed by atoms with van der Waals surface area (Å²) in [4.78, 5) is 34.0. The average molecular weight is 477 g/mol. The smallest absolute Gasteiger partial charge is 0.337 e. The normalized spacial score (nSPS) is 17.1. The number of benzene rings is 1. The Morgan fingerprint density at radius 1 is 1.14 bits per heavy atom. The Morgan fingerprint density at radius 3 is 2.57 bits per heavy atom. The van der Waals surface area contributed by atoms with Crippen LogP contribution in [-0.2, 0) is 6.54 Å². The van der Waals surface area contributed by atoms with Crippen molar-refractivity contribution >= 4 is 28.8 Å². The van der Waals surface area contributed by atoms with Crippen LogP contribution in [0.2, 0.25) is 0 Å². The van der Waals surface area contributed by atoms with Gasteiger partial charge in [0.2, 0.25) is 0 Å². The topological polar surface area (TPSA) is 103 Å². The van der Waals surface area contributed by atoms with E-state index in [1.54, 1.807) is 4.52 Å². The van der Waals surface area contributed by atoms with Crippen LogP contribution in [0.4, 0.5) is 11.5 Å². The molecule has 1 aliphatic carbocycles. The lowest BCUT2D eigenvalue weighted by Gasteiger charge is -2.32. The number of ketones is 1. The number of nitrogens with one attached hydrogen (secondary N) is 1. The monoisotopic (exact) mass is 476 g/mol. The van der Waals surface area contributed by atoms with Crippen LogP contribution in [0.25, 0.3) is 5.52 Å². The molecule has 2 N–H and O–H groups in total. The van der Waals surface area contributed by atoms with E-state index < -0.39 is 5.97 Å². The second-order valence-corrected chi connectivity index (χ2v) is 9.93. The molecule has 1 saturated heterocycles. The molecular formula is C26H32N6O3. The van der Waals surface area contributed by atoms with E-state index in [1.807, 2.05) is 32.0 Å². The third-order valence-electron chi connectivity index (χ3n) is 7.23. The number of carboxylic acid groups (broad SMARTS) is 1. The van der Waals surface area contributed by atoms with Gasteiger partial charge in [-0.1, -0.05) is 12.1 Å². The molecule has 2 aromatic heterocycles. The van der Waals surface area contributed by atoms with Crippen LogP contribution in [0, 0.1) is 19.8 Å². The van der Waals surface area contributed by atoms with Crippen molar-refractivity contribution < 1.29 is 14.7 Å². The van der Waals surface area contributed by atoms with Crippen LogP contribution in [0.5, 0.6) is 0 Å². The maximum atomic E-state index is 12.7. The molecule has 0 unspecified atom stereocenters. The first-order valence-corrected chi connectivity index (χ1v) is 12.2. The minimum atomic E-state index is -0.966. The number of Topliss-reactive ketones (excluding diaryl/α,β-unsaturated/α-hetero) is 1. The summed E-state index contributed by atoms with van der Waals surface area (Å²) >= 11 is 0. The molecule has 3 aromatic rings. The van der Waals surface area contributed by atoms with Crippen molar-refractivity contribution in [3.8, 4) is 0 Å². The van der Waals surface area contributed by atoms with Crippen LogP contribution in [0.15, 0.2) is 24.5 Å². The predicted molar refractivity (Wildman–Crippen MR) is 134 cm³/mol. The van der Waals surface area contributed by atoms with Gasteiger partial charge in [0.25, 0.3) is 0 Å². The molecule has 1 saturated carbocycles.